The largest absolute Gasteiger partial charge is 0.480 e. The van der Waals surface area contributed by atoms with E-state index in [0.29, 0.717) is 17.9 Å². The molecule has 1 aliphatic carbocycles. The van der Waals surface area contributed by atoms with Crippen molar-refractivity contribution in [3.05, 3.63) is 118 Å². The van der Waals surface area contributed by atoms with E-state index in [1.54, 1.807) is 38.1 Å². The number of aliphatic carboxylic acids is 1. The van der Waals surface area contributed by atoms with E-state index in [1.165, 1.54) is 49.9 Å². The highest BCUT2D eigenvalue weighted by Crippen LogP contribution is 2.44. The number of β-amino-alcohol motifs (C(OH)–C–C–N with tert-alkyl or cyclic N) is 1. The van der Waals surface area contributed by atoms with Gasteiger partial charge in [-0.25, -0.2) is 9.59 Å². The number of likely N-dealkylation sites (tertiary alicyclic amines) is 1. The molecule has 1 fully saturated rings. The quantitative estimate of drug-likeness (QED) is 0.0166. The molecule has 34 heteroatoms. The third-order valence-corrected chi connectivity index (χ3v) is 16.1. The van der Waals surface area contributed by atoms with Crippen LogP contribution in [0, 0.1) is 16.0 Å². The first-order valence-electron chi connectivity index (χ1n) is 32.2. The molecule has 6 rings (SSSR count). The summed E-state index contributed by atoms with van der Waals surface area (Å²) in [5, 5.41) is 61.1. The Kier molecular flexibility index (Phi) is 28.9. The van der Waals surface area contributed by atoms with Crippen molar-refractivity contribution in [1.82, 2.24) is 57.7 Å². The number of carbonyl (C=O) groups is 13. The van der Waals surface area contributed by atoms with Crippen molar-refractivity contribution < 1.29 is 82.2 Å². The van der Waals surface area contributed by atoms with Crippen LogP contribution in [-0.4, -0.2) is 210 Å². The number of nitrogens with zero attached hydrogens (tertiary/aromatic N) is 6. The van der Waals surface area contributed by atoms with Crippen molar-refractivity contribution in [1.29, 1.82) is 0 Å². The van der Waals surface area contributed by atoms with Crippen LogP contribution in [0.5, 0.6) is 0 Å². The number of carboxylic acids is 1. The van der Waals surface area contributed by atoms with E-state index in [4.69, 9.17) is 10.5 Å². The molecule has 100 heavy (non-hydrogen) atoms. The van der Waals surface area contributed by atoms with E-state index >= 15 is 0 Å². The summed E-state index contributed by atoms with van der Waals surface area (Å²) >= 11 is 0. The molecular formula is C66H84N16O18. The fourth-order valence-electron chi connectivity index (χ4n) is 10.8. The number of nitro groups is 1. The molecule has 0 bridgehead atoms. The smallest absolute Gasteiger partial charge is 0.410 e. The number of amides is 12. The van der Waals surface area contributed by atoms with E-state index in [0.717, 1.165) is 32.8 Å². The SMILES string of the molecule is CCN(CCN(CC(=O)NCC(=O)N[C@@H](C)C(=O)N[C@@H](CCC(=O)N[C@@H](CC(C)C)C(=O)N[C@H](CNC(=O)[C@@H]1CC(O)CN1C(C)=O)C(=O)N[C@@H](C)C(=O)NCC(=O)NCC(N)=O)C(=O)O)C(=O)OCC1c2ccccc2-c2ccccc21)c1ccc(N=Nc2ccc([N+](=O)[O-])cc2)cc1. The second-order valence-corrected chi connectivity index (χ2v) is 24.1. The predicted molar refractivity (Wildman–Crippen MR) is 359 cm³/mol. The molecule has 1 aliphatic heterocycles. The Morgan fingerprint density at radius 1 is 0.660 bits per heavy atom. The van der Waals surface area contributed by atoms with E-state index in [2.05, 4.69) is 58.1 Å². The Labute approximate surface area is 574 Å². The number of hydrogen-bond acceptors (Lipinski definition) is 20. The fourth-order valence-corrected chi connectivity index (χ4v) is 10.8. The van der Waals surface area contributed by atoms with Gasteiger partial charge in [0.2, 0.25) is 65.0 Å². The number of non-ortho nitro benzene ring substituents is 1. The van der Waals surface area contributed by atoms with Crippen LogP contribution in [0.4, 0.5) is 27.5 Å². The van der Waals surface area contributed by atoms with Gasteiger partial charge in [0, 0.05) is 76.2 Å². The highest BCUT2D eigenvalue weighted by molar-refractivity contribution is 5.97. The minimum atomic E-state index is -1.73. The second kappa shape index (κ2) is 37.3. The molecule has 13 N–H and O–H groups in total. The highest BCUT2D eigenvalue weighted by Gasteiger charge is 2.39. The molecule has 1 unspecified atom stereocenters. The maximum atomic E-state index is 14.1. The number of carboxylic acid groups (broad SMARTS) is 1. The molecule has 0 aromatic heterocycles. The number of benzene rings is 4. The monoisotopic (exact) mass is 1390 g/mol. The Hall–Kier alpha value is -11.5. The van der Waals surface area contributed by atoms with Crippen molar-refractivity contribution in [2.24, 2.45) is 21.9 Å². The third kappa shape index (κ3) is 23.4. The average Bonchev–Trinajstić information content (AvgIpc) is 1.59. The van der Waals surface area contributed by atoms with Gasteiger partial charge in [-0.2, -0.15) is 10.2 Å². The number of nitrogens with one attached hydrogen (secondary N) is 9. The zero-order chi connectivity index (χ0) is 73.3. The fraction of sp³-hybridized carbons (Fsp3) is 0.439. The van der Waals surface area contributed by atoms with E-state index in [1.807, 2.05) is 60.4 Å². The molecule has 0 saturated carbocycles. The first-order chi connectivity index (χ1) is 47.5. The lowest BCUT2D eigenvalue weighted by molar-refractivity contribution is -0.384. The summed E-state index contributed by atoms with van der Waals surface area (Å²) < 4.78 is 5.95. The molecular weight excluding hydrogens is 1300 g/mol. The maximum Gasteiger partial charge on any atom is 0.410 e. The molecule has 34 nitrogen and oxygen atoms in total. The second-order valence-electron chi connectivity index (χ2n) is 24.1. The zero-order valence-electron chi connectivity index (χ0n) is 56.0. The Bertz CT molecular complexity index is 3640. The Morgan fingerprint density at radius 3 is 1.81 bits per heavy atom. The lowest BCUT2D eigenvalue weighted by Crippen LogP contribution is -2.60. The number of carbonyl (C=O) groups excluding carboxylic acids is 12. The topological polar surface area (TPSA) is 483 Å². The number of aliphatic hydroxyl groups excluding tert-OH is 1. The predicted octanol–water partition coefficient (Wildman–Crippen LogP) is 0.394. The molecule has 2 aliphatic rings. The summed E-state index contributed by atoms with van der Waals surface area (Å²) in [6, 6.07) is 19.3. The molecule has 1 saturated heterocycles. The van der Waals surface area contributed by atoms with Crippen molar-refractivity contribution in [3.8, 4) is 11.1 Å². The van der Waals surface area contributed by atoms with Crippen LogP contribution < -0.4 is 58.5 Å². The minimum absolute atomic E-state index is 0.0376. The van der Waals surface area contributed by atoms with E-state index in [-0.39, 0.29) is 56.6 Å². The molecule has 4 aromatic rings. The van der Waals surface area contributed by atoms with Crippen LogP contribution >= 0.6 is 0 Å². The van der Waals surface area contributed by atoms with Gasteiger partial charge in [-0.15, -0.1) is 0 Å². The number of ether oxygens (including phenoxy) is 1. The molecule has 7 atom stereocenters. The number of primary amides is 1. The van der Waals surface area contributed by atoms with Gasteiger partial charge in [0.15, 0.2) is 0 Å². The lowest BCUT2D eigenvalue weighted by atomic mass is 9.98. The molecule has 536 valence electrons. The van der Waals surface area contributed by atoms with Crippen LogP contribution in [0.1, 0.15) is 84.3 Å². The zero-order valence-corrected chi connectivity index (χ0v) is 56.0. The van der Waals surface area contributed by atoms with Gasteiger partial charge < -0.3 is 78.3 Å². The van der Waals surface area contributed by atoms with Gasteiger partial charge in [0.05, 0.1) is 42.0 Å². The van der Waals surface area contributed by atoms with Crippen molar-refractivity contribution in [2.75, 3.05) is 70.4 Å². The molecule has 4 aromatic carbocycles. The van der Waals surface area contributed by atoms with Crippen LogP contribution in [0.3, 0.4) is 0 Å². The van der Waals surface area contributed by atoms with Crippen molar-refractivity contribution in [2.45, 2.75) is 115 Å². The first-order valence-corrected chi connectivity index (χ1v) is 32.2. The number of fused-ring (bicyclic) bond motifs is 3. The number of likely N-dealkylation sites (N-methyl/N-ethyl adjacent to an activating group) is 1. The Balaban J connectivity index is 1.04. The van der Waals surface area contributed by atoms with E-state index < -0.39 is 170 Å². The minimum Gasteiger partial charge on any atom is -0.480 e. The first kappa shape index (κ1) is 77.6. The molecule has 0 radical (unpaired) electrons. The number of hydrogen-bond donors (Lipinski definition) is 12. The van der Waals surface area contributed by atoms with Gasteiger partial charge >= 0.3 is 12.1 Å². The van der Waals surface area contributed by atoms with Crippen molar-refractivity contribution in [3.63, 3.8) is 0 Å². The van der Waals surface area contributed by atoms with Gasteiger partial charge in [-0.1, -0.05) is 62.4 Å². The number of rotatable bonds is 36. The van der Waals surface area contributed by atoms with Gasteiger partial charge in [-0.3, -0.25) is 67.8 Å². The number of nitro benzene ring substituents is 1. The lowest BCUT2D eigenvalue weighted by Gasteiger charge is -2.28. The summed E-state index contributed by atoms with van der Waals surface area (Å²) in [7, 11) is 0. The summed E-state index contributed by atoms with van der Waals surface area (Å²) in [5.41, 5.74) is 10.5. The van der Waals surface area contributed by atoms with Crippen LogP contribution in [0.2, 0.25) is 0 Å². The third-order valence-electron chi connectivity index (χ3n) is 16.1. The number of azo groups is 1. The molecule has 12 amide bonds. The number of nitrogens with two attached hydrogens (primary N) is 1. The van der Waals surface area contributed by atoms with Gasteiger partial charge in [0.1, 0.15) is 49.4 Å². The average molecular weight is 1390 g/mol. The highest BCUT2D eigenvalue weighted by atomic mass is 16.6. The van der Waals surface area contributed by atoms with Crippen LogP contribution in [0.15, 0.2) is 107 Å². The van der Waals surface area contributed by atoms with Crippen LogP contribution in [0.25, 0.3) is 11.1 Å². The van der Waals surface area contributed by atoms with Crippen molar-refractivity contribution >= 4 is 99.8 Å². The van der Waals surface area contributed by atoms with Gasteiger partial charge in [-0.05, 0) is 98.2 Å². The summed E-state index contributed by atoms with van der Waals surface area (Å²) in [5.74, 6) is -11.6. The van der Waals surface area contributed by atoms with E-state index in [9.17, 15) is 82.7 Å². The Morgan fingerprint density at radius 2 is 1.23 bits per heavy atom. The van der Waals surface area contributed by atoms with Gasteiger partial charge in [0.25, 0.3) is 5.69 Å². The number of aliphatic hydroxyl groups is 1. The molecule has 1 heterocycles. The molecule has 0 spiro atoms. The number of anilines is 1. The maximum absolute atomic E-state index is 14.1. The summed E-state index contributed by atoms with van der Waals surface area (Å²) in [6.45, 7) is 6.34. The summed E-state index contributed by atoms with van der Waals surface area (Å²) in [6.07, 6.45) is -3.20. The normalized spacial score (nSPS) is 15.2. The van der Waals surface area contributed by atoms with Crippen LogP contribution in [-0.2, 0) is 62.3 Å². The summed E-state index contributed by atoms with van der Waals surface area (Å²) in [4.78, 5) is 185. The standard InChI is InChI=1S/C66H84N16O18/c1-7-79(43-20-16-41(17-21-43)77-78-42-18-22-44(23-19-42)82(98)99)26-27-80(66(97)100-36-50-48-14-10-8-12-46(48)47-13-9-11-15-49(47)50)35-59(89)69-33-58(88)72-39(5)61(91)75-51(65(95)96)24-25-56(86)74-52(28-37(2)3)62(92)76-53(30-70-64(94)54-29-45(84)34-81(54)40(6)83)63(93)73-38(4)60(90)71-32-57(87)68-31-55(67)85/h8-23,37-39,45,50-54,84H,7,24-36H2,1-6H3,(H2,67,85)(H,68,87)(H,69,89)(H,70,94)(H,71,90)(H,72,88)(H,73,93)(H,74,86)(H,75,91)(H,76,92)(H,95,96)/t38-,39-,45?,51-,52-,53+,54-/m0/s1.